The molecule has 19 heavy (non-hydrogen) atoms. The molecular weight excluding hydrogens is 260 g/mol. The van der Waals surface area contributed by atoms with Gasteiger partial charge in [-0.25, -0.2) is 4.79 Å². The molecule has 5 heteroatoms. The molecule has 1 heterocycles. The average molecular weight is 276 g/mol. The van der Waals surface area contributed by atoms with E-state index in [9.17, 15) is 4.79 Å². The van der Waals surface area contributed by atoms with E-state index in [4.69, 9.17) is 10.5 Å². The summed E-state index contributed by atoms with van der Waals surface area (Å²) in [7, 11) is 0. The van der Waals surface area contributed by atoms with Crippen molar-refractivity contribution in [1.82, 2.24) is 4.37 Å². The lowest BCUT2D eigenvalue weighted by atomic mass is 10.0. The van der Waals surface area contributed by atoms with E-state index in [-0.39, 0.29) is 0 Å². The van der Waals surface area contributed by atoms with Crippen LogP contribution in [0.2, 0.25) is 0 Å². The monoisotopic (exact) mass is 276 g/mol. The highest BCUT2D eigenvalue weighted by molar-refractivity contribution is 7.09. The molecule has 0 spiro atoms. The quantitative estimate of drug-likeness (QED) is 0.874. The summed E-state index contributed by atoms with van der Waals surface area (Å²) in [5.74, 6) is -0.410. The van der Waals surface area contributed by atoms with Crippen LogP contribution in [-0.4, -0.2) is 16.9 Å². The standard InChI is InChI=1S/C14H16N2O2S/c1-4-18-14(17)13-11(15)12(16-19-13)10-6-5-8(2)9(3)7-10/h5-7H,4,15H2,1-3H3. The van der Waals surface area contributed by atoms with Crippen LogP contribution in [0.3, 0.4) is 0 Å². The number of nitrogens with two attached hydrogens (primary N) is 1. The van der Waals surface area contributed by atoms with Crippen molar-refractivity contribution in [3.63, 3.8) is 0 Å². The first-order valence-electron chi connectivity index (χ1n) is 6.04. The maximum atomic E-state index is 11.7. The van der Waals surface area contributed by atoms with Gasteiger partial charge in [0.2, 0.25) is 0 Å². The maximum absolute atomic E-state index is 11.7. The molecule has 0 fully saturated rings. The summed E-state index contributed by atoms with van der Waals surface area (Å²) < 4.78 is 9.23. The highest BCUT2D eigenvalue weighted by Crippen LogP contribution is 2.32. The third-order valence-electron chi connectivity index (χ3n) is 2.97. The minimum atomic E-state index is -0.410. The number of aromatic nitrogens is 1. The van der Waals surface area contributed by atoms with Crippen molar-refractivity contribution >= 4 is 23.2 Å². The first kappa shape index (κ1) is 13.5. The van der Waals surface area contributed by atoms with Crippen molar-refractivity contribution in [2.24, 2.45) is 0 Å². The molecule has 0 bridgehead atoms. The zero-order valence-corrected chi connectivity index (χ0v) is 12.0. The Balaban J connectivity index is 2.41. The Morgan fingerprint density at radius 3 is 2.74 bits per heavy atom. The Morgan fingerprint density at radius 1 is 1.37 bits per heavy atom. The molecule has 100 valence electrons. The lowest BCUT2D eigenvalue weighted by Crippen LogP contribution is -2.05. The van der Waals surface area contributed by atoms with Crippen molar-refractivity contribution in [2.45, 2.75) is 20.8 Å². The number of ether oxygens (including phenoxy) is 1. The fourth-order valence-corrected chi connectivity index (χ4v) is 2.45. The van der Waals surface area contributed by atoms with Crippen molar-refractivity contribution in [3.05, 3.63) is 34.2 Å². The lowest BCUT2D eigenvalue weighted by Gasteiger charge is -2.04. The summed E-state index contributed by atoms with van der Waals surface area (Å²) >= 11 is 1.08. The van der Waals surface area contributed by atoms with Crippen molar-refractivity contribution in [2.75, 3.05) is 12.3 Å². The summed E-state index contributed by atoms with van der Waals surface area (Å²) in [5, 5.41) is 0. The molecule has 4 nitrogen and oxygen atoms in total. The number of esters is 1. The fraction of sp³-hybridized carbons (Fsp3) is 0.286. The second-order valence-corrected chi connectivity index (χ2v) is 5.07. The molecule has 1 aromatic heterocycles. The molecule has 0 aliphatic carbocycles. The SMILES string of the molecule is CCOC(=O)c1snc(-c2ccc(C)c(C)c2)c1N. The molecule has 0 unspecified atom stereocenters. The summed E-state index contributed by atoms with van der Waals surface area (Å²) in [4.78, 5) is 12.1. The predicted molar refractivity (Wildman–Crippen MR) is 77.4 cm³/mol. The van der Waals surface area contributed by atoms with Gasteiger partial charge in [-0.1, -0.05) is 12.1 Å². The maximum Gasteiger partial charge on any atom is 0.352 e. The summed E-state index contributed by atoms with van der Waals surface area (Å²) in [5.41, 5.74) is 10.3. The minimum absolute atomic E-state index is 0.329. The lowest BCUT2D eigenvalue weighted by molar-refractivity contribution is 0.0533. The van der Waals surface area contributed by atoms with E-state index in [1.165, 1.54) is 11.1 Å². The van der Waals surface area contributed by atoms with Crippen LogP contribution in [0.4, 0.5) is 5.69 Å². The van der Waals surface area contributed by atoms with Crippen molar-refractivity contribution in [3.8, 4) is 11.3 Å². The topological polar surface area (TPSA) is 65.2 Å². The highest BCUT2D eigenvalue weighted by atomic mass is 32.1. The summed E-state index contributed by atoms with van der Waals surface area (Å²) in [6.45, 7) is 6.18. The molecule has 2 rings (SSSR count). The molecule has 0 saturated carbocycles. The van der Waals surface area contributed by atoms with Gasteiger partial charge in [-0.05, 0) is 49.5 Å². The van der Waals surface area contributed by atoms with E-state index in [2.05, 4.69) is 4.37 Å². The number of benzene rings is 1. The Morgan fingerprint density at radius 2 is 2.11 bits per heavy atom. The van der Waals surface area contributed by atoms with Crippen LogP contribution in [0.25, 0.3) is 11.3 Å². The van der Waals surface area contributed by atoms with Gasteiger partial charge in [0.15, 0.2) is 4.88 Å². The van der Waals surface area contributed by atoms with Crippen LogP contribution < -0.4 is 5.73 Å². The van der Waals surface area contributed by atoms with Gasteiger partial charge in [0, 0.05) is 5.56 Å². The van der Waals surface area contributed by atoms with E-state index in [1.54, 1.807) is 6.92 Å². The third-order valence-corrected chi connectivity index (χ3v) is 3.81. The molecule has 0 aliphatic heterocycles. The third kappa shape index (κ3) is 2.61. The number of rotatable bonds is 3. The number of hydrogen-bond donors (Lipinski definition) is 1. The van der Waals surface area contributed by atoms with E-state index < -0.39 is 5.97 Å². The average Bonchev–Trinajstić information content (AvgIpc) is 2.75. The van der Waals surface area contributed by atoms with Crippen LogP contribution in [0.5, 0.6) is 0 Å². The van der Waals surface area contributed by atoms with Crippen LogP contribution in [0, 0.1) is 13.8 Å². The second kappa shape index (κ2) is 5.40. The number of anilines is 1. The predicted octanol–water partition coefficient (Wildman–Crippen LogP) is 3.19. The largest absolute Gasteiger partial charge is 0.462 e. The van der Waals surface area contributed by atoms with Crippen LogP contribution in [0.15, 0.2) is 18.2 Å². The van der Waals surface area contributed by atoms with E-state index in [0.717, 1.165) is 17.1 Å². The number of carbonyl (C=O) groups excluding carboxylic acids is 1. The molecule has 2 N–H and O–H groups in total. The molecule has 0 atom stereocenters. The van der Waals surface area contributed by atoms with Gasteiger partial charge in [-0.2, -0.15) is 4.37 Å². The van der Waals surface area contributed by atoms with Gasteiger partial charge in [0.05, 0.1) is 12.3 Å². The zero-order valence-electron chi connectivity index (χ0n) is 11.2. The van der Waals surface area contributed by atoms with Crippen molar-refractivity contribution < 1.29 is 9.53 Å². The molecular formula is C14H16N2O2S. The molecule has 0 saturated heterocycles. The highest BCUT2D eigenvalue weighted by Gasteiger charge is 2.19. The Hall–Kier alpha value is -1.88. The normalized spacial score (nSPS) is 10.5. The van der Waals surface area contributed by atoms with Crippen LogP contribution >= 0.6 is 11.5 Å². The Bertz CT molecular complexity index is 620. The number of nitrogens with zero attached hydrogens (tertiary/aromatic N) is 1. The Kier molecular flexibility index (Phi) is 3.85. The van der Waals surface area contributed by atoms with E-state index in [0.29, 0.717) is 22.9 Å². The number of hydrogen-bond acceptors (Lipinski definition) is 5. The van der Waals surface area contributed by atoms with E-state index >= 15 is 0 Å². The second-order valence-electron chi connectivity index (χ2n) is 4.29. The van der Waals surface area contributed by atoms with Crippen LogP contribution in [-0.2, 0) is 4.74 Å². The molecule has 1 aromatic carbocycles. The summed E-state index contributed by atoms with van der Waals surface area (Å²) in [6, 6.07) is 6.01. The first-order chi connectivity index (χ1) is 9.04. The number of aryl methyl sites for hydroxylation is 2. The summed E-state index contributed by atoms with van der Waals surface area (Å²) in [6.07, 6.45) is 0. The molecule has 0 radical (unpaired) electrons. The van der Waals surface area contributed by atoms with E-state index in [1.807, 2.05) is 32.0 Å². The number of nitrogen functional groups attached to an aromatic ring is 1. The molecule has 0 amide bonds. The molecule has 0 aliphatic rings. The van der Waals surface area contributed by atoms with Gasteiger partial charge in [-0.15, -0.1) is 0 Å². The number of carbonyl (C=O) groups is 1. The van der Waals surface area contributed by atoms with Gasteiger partial charge < -0.3 is 10.5 Å². The minimum Gasteiger partial charge on any atom is -0.462 e. The van der Waals surface area contributed by atoms with Crippen molar-refractivity contribution in [1.29, 1.82) is 0 Å². The van der Waals surface area contributed by atoms with Crippen LogP contribution in [0.1, 0.15) is 27.7 Å². The Labute approximate surface area is 116 Å². The smallest absolute Gasteiger partial charge is 0.352 e. The van der Waals surface area contributed by atoms with Gasteiger partial charge >= 0.3 is 5.97 Å². The molecule has 2 aromatic rings. The first-order valence-corrected chi connectivity index (χ1v) is 6.81. The van der Waals surface area contributed by atoms with Gasteiger partial charge in [-0.3, -0.25) is 0 Å². The van der Waals surface area contributed by atoms with Gasteiger partial charge in [0.1, 0.15) is 5.69 Å². The van der Waals surface area contributed by atoms with Gasteiger partial charge in [0.25, 0.3) is 0 Å². The zero-order chi connectivity index (χ0) is 14.0. The fourth-order valence-electron chi connectivity index (χ4n) is 1.74.